The number of nitrogens with zero attached hydrogens (tertiary/aromatic N) is 2. The third kappa shape index (κ3) is 7.26. The molecule has 222 valence electrons. The van der Waals surface area contributed by atoms with Crippen molar-refractivity contribution >= 4 is 16.9 Å². The van der Waals surface area contributed by atoms with E-state index in [2.05, 4.69) is 4.90 Å². The number of aromatic carboxylic acids is 1. The second-order valence-electron chi connectivity index (χ2n) is 11.2. The van der Waals surface area contributed by atoms with Gasteiger partial charge in [0.2, 0.25) is 0 Å². The molecule has 0 aliphatic heterocycles. The Bertz CT molecular complexity index is 1560. The standard InChI is InChI=1S/C33H35F3N2O4/c1-37(2)13-6-14-41-26-16-24(17-27(19-26)42-21-22-11-12-22)20-38-30-10-4-3-9-28(30)29(31(38)32(39)40)18-23-7-5-8-25(15-23)33(34,35)36/h3-5,7-10,15-17,19,22H,6,11-14,18,20-21H2,1-2H3,(H,39,40). The van der Waals surface area contributed by atoms with Crippen molar-refractivity contribution in [2.45, 2.75) is 38.4 Å². The number of carboxylic acid groups (broad SMARTS) is 1. The minimum Gasteiger partial charge on any atom is -0.493 e. The first-order chi connectivity index (χ1) is 20.1. The molecular formula is C33H35F3N2O4. The maximum absolute atomic E-state index is 13.4. The Balaban J connectivity index is 1.51. The lowest BCUT2D eigenvalue weighted by molar-refractivity contribution is -0.137. The molecule has 6 nitrogen and oxygen atoms in total. The third-order valence-corrected chi connectivity index (χ3v) is 7.40. The van der Waals surface area contributed by atoms with E-state index in [-0.39, 0.29) is 18.7 Å². The number of aromatic nitrogens is 1. The predicted molar refractivity (Wildman–Crippen MR) is 156 cm³/mol. The van der Waals surface area contributed by atoms with Gasteiger partial charge in [-0.2, -0.15) is 13.2 Å². The molecule has 0 unspecified atom stereocenters. The summed E-state index contributed by atoms with van der Waals surface area (Å²) in [6.45, 7) is 2.26. The van der Waals surface area contributed by atoms with Gasteiger partial charge in [-0.05, 0) is 80.2 Å². The normalized spacial score (nSPS) is 13.6. The molecule has 0 bridgehead atoms. The van der Waals surface area contributed by atoms with Crippen LogP contribution in [0.15, 0.2) is 66.7 Å². The third-order valence-electron chi connectivity index (χ3n) is 7.40. The van der Waals surface area contributed by atoms with Crippen LogP contribution in [0.3, 0.4) is 0 Å². The molecular weight excluding hydrogens is 545 g/mol. The van der Waals surface area contributed by atoms with Crippen molar-refractivity contribution < 1.29 is 32.5 Å². The molecule has 1 fully saturated rings. The lowest BCUT2D eigenvalue weighted by atomic mass is 10.00. The van der Waals surface area contributed by atoms with E-state index in [4.69, 9.17) is 9.47 Å². The van der Waals surface area contributed by atoms with Crippen molar-refractivity contribution in [1.82, 2.24) is 9.47 Å². The van der Waals surface area contributed by atoms with E-state index in [0.717, 1.165) is 43.5 Å². The molecule has 1 N–H and O–H groups in total. The van der Waals surface area contributed by atoms with Gasteiger partial charge in [0.05, 0.1) is 18.8 Å². The zero-order valence-corrected chi connectivity index (χ0v) is 23.8. The van der Waals surface area contributed by atoms with E-state index >= 15 is 0 Å². The number of alkyl halides is 3. The van der Waals surface area contributed by atoms with E-state index in [1.54, 1.807) is 16.7 Å². The monoisotopic (exact) mass is 580 g/mol. The Morgan fingerprint density at radius 3 is 2.40 bits per heavy atom. The molecule has 42 heavy (non-hydrogen) atoms. The van der Waals surface area contributed by atoms with Gasteiger partial charge in [-0.1, -0.05) is 36.4 Å². The van der Waals surface area contributed by atoms with Gasteiger partial charge in [0.1, 0.15) is 17.2 Å². The molecule has 1 aliphatic carbocycles. The summed E-state index contributed by atoms with van der Waals surface area (Å²) in [5.74, 6) is 0.729. The summed E-state index contributed by atoms with van der Waals surface area (Å²) in [6, 6.07) is 18.0. The Morgan fingerprint density at radius 1 is 0.976 bits per heavy atom. The van der Waals surface area contributed by atoms with Crippen LogP contribution in [0, 0.1) is 5.92 Å². The number of para-hydroxylation sites is 1. The molecule has 1 aromatic heterocycles. The summed E-state index contributed by atoms with van der Waals surface area (Å²) in [7, 11) is 4.01. The summed E-state index contributed by atoms with van der Waals surface area (Å²) in [5, 5.41) is 11.1. The van der Waals surface area contributed by atoms with Crippen molar-refractivity contribution in [2.75, 3.05) is 33.9 Å². The van der Waals surface area contributed by atoms with E-state index in [9.17, 15) is 23.1 Å². The van der Waals surface area contributed by atoms with E-state index < -0.39 is 17.7 Å². The first kappa shape index (κ1) is 29.5. The molecule has 0 radical (unpaired) electrons. The SMILES string of the molecule is CN(C)CCCOc1cc(Cn2c(C(=O)O)c(Cc3cccc(C(F)(F)F)c3)c3ccccc32)cc(OCC2CC2)c1. The van der Waals surface area contributed by atoms with Crippen molar-refractivity contribution in [2.24, 2.45) is 5.92 Å². The predicted octanol–water partition coefficient (Wildman–Crippen LogP) is 7.12. The van der Waals surface area contributed by atoms with Crippen LogP contribution in [0.25, 0.3) is 10.9 Å². The molecule has 5 rings (SSSR count). The minimum atomic E-state index is -4.49. The number of halogens is 3. The minimum absolute atomic E-state index is 0.0455. The maximum atomic E-state index is 13.4. The number of rotatable bonds is 13. The summed E-state index contributed by atoms with van der Waals surface area (Å²) >= 11 is 0. The van der Waals surface area contributed by atoms with Crippen LogP contribution in [0.2, 0.25) is 0 Å². The van der Waals surface area contributed by atoms with Crippen LogP contribution < -0.4 is 9.47 Å². The average molecular weight is 581 g/mol. The highest BCUT2D eigenvalue weighted by molar-refractivity contribution is 5.98. The number of benzene rings is 3. The maximum Gasteiger partial charge on any atom is 0.416 e. The zero-order chi connectivity index (χ0) is 29.9. The number of hydrogen-bond donors (Lipinski definition) is 1. The molecule has 0 saturated heterocycles. The summed E-state index contributed by atoms with van der Waals surface area (Å²) in [4.78, 5) is 14.8. The molecule has 3 aromatic carbocycles. The fraction of sp³-hybridized carbons (Fsp3) is 0.364. The van der Waals surface area contributed by atoms with Crippen LogP contribution in [0.4, 0.5) is 13.2 Å². The van der Waals surface area contributed by atoms with E-state index in [1.807, 2.05) is 50.5 Å². The van der Waals surface area contributed by atoms with Crippen LogP contribution >= 0.6 is 0 Å². The molecule has 0 amide bonds. The largest absolute Gasteiger partial charge is 0.493 e. The van der Waals surface area contributed by atoms with Gasteiger partial charge in [0, 0.05) is 36.5 Å². The Hall–Kier alpha value is -3.98. The Labute approximate surface area is 243 Å². The van der Waals surface area contributed by atoms with Gasteiger partial charge in [0.25, 0.3) is 0 Å². The van der Waals surface area contributed by atoms with Gasteiger partial charge in [-0.3, -0.25) is 0 Å². The quantitative estimate of drug-likeness (QED) is 0.171. The van der Waals surface area contributed by atoms with Crippen LogP contribution in [-0.2, 0) is 19.1 Å². The van der Waals surface area contributed by atoms with Gasteiger partial charge < -0.3 is 24.0 Å². The van der Waals surface area contributed by atoms with Gasteiger partial charge in [0.15, 0.2) is 0 Å². The fourth-order valence-corrected chi connectivity index (χ4v) is 5.17. The van der Waals surface area contributed by atoms with Crippen molar-refractivity contribution in [3.8, 4) is 11.5 Å². The van der Waals surface area contributed by atoms with Gasteiger partial charge in [-0.15, -0.1) is 0 Å². The zero-order valence-electron chi connectivity index (χ0n) is 23.8. The van der Waals surface area contributed by atoms with E-state index in [1.165, 1.54) is 6.07 Å². The highest BCUT2D eigenvalue weighted by Gasteiger charge is 2.31. The van der Waals surface area contributed by atoms with Gasteiger partial charge in [-0.25, -0.2) is 4.79 Å². The number of ether oxygens (including phenoxy) is 2. The Morgan fingerprint density at radius 2 is 1.71 bits per heavy atom. The molecule has 9 heteroatoms. The lowest BCUT2D eigenvalue weighted by Gasteiger charge is -2.15. The number of fused-ring (bicyclic) bond motifs is 1. The highest BCUT2D eigenvalue weighted by atomic mass is 19.4. The van der Waals surface area contributed by atoms with Crippen molar-refractivity contribution in [3.63, 3.8) is 0 Å². The summed E-state index contributed by atoms with van der Waals surface area (Å²) in [5.41, 5.74) is 1.64. The topological polar surface area (TPSA) is 63.9 Å². The number of carbonyl (C=O) groups is 1. The number of carboxylic acids is 1. The smallest absolute Gasteiger partial charge is 0.416 e. The number of hydrogen-bond acceptors (Lipinski definition) is 4. The molecule has 1 saturated carbocycles. The Kier molecular flexibility index (Phi) is 8.77. The summed E-state index contributed by atoms with van der Waals surface area (Å²) < 4.78 is 54.0. The van der Waals surface area contributed by atoms with Crippen molar-refractivity contribution in [1.29, 1.82) is 0 Å². The first-order valence-corrected chi connectivity index (χ1v) is 14.1. The first-order valence-electron chi connectivity index (χ1n) is 14.1. The molecule has 0 spiro atoms. The van der Waals surface area contributed by atoms with Crippen molar-refractivity contribution in [3.05, 3.63) is 94.7 Å². The average Bonchev–Trinajstić information content (AvgIpc) is 3.73. The molecule has 0 atom stereocenters. The van der Waals surface area contributed by atoms with E-state index in [0.29, 0.717) is 52.7 Å². The second kappa shape index (κ2) is 12.5. The summed E-state index contributed by atoms with van der Waals surface area (Å²) in [6.07, 6.45) is -1.29. The van der Waals surface area contributed by atoms with Crippen LogP contribution in [-0.4, -0.2) is 54.4 Å². The van der Waals surface area contributed by atoms with Crippen LogP contribution in [0.5, 0.6) is 11.5 Å². The van der Waals surface area contributed by atoms with Crippen LogP contribution in [0.1, 0.15) is 52.0 Å². The molecule has 1 aliphatic rings. The molecule has 1 heterocycles. The lowest BCUT2D eigenvalue weighted by Crippen LogP contribution is -2.15. The highest BCUT2D eigenvalue weighted by Crippen LogP contribution is 2.34. The fourth-order valence-electron chi connectivity index (χ4n) is 5.17. The molecule has 4 aromatic rings. The second-order valence-corrected chi connectivity index (χ2v) is 11.2. The van der Waals surface area contributed by atoms with Gasteiger partial charge >= 0.3 is 12.1 Å².